The first-order chi connectivity index (χ1) is 12.7. The summed E-state index contributed by atoms with van der Waals surface area (Å²) < 4.78 is 11.2. The molecule has 27 heavy (non-hydrogen) atoms. The Bertz CT molecular complexity index is 672. The second-order valence-electron chi connectivity index (χ2n) is 8.60. The van der Waals surface area contributed by atoms with E-state index < -0.39 is 23.7 Å². The molecule has 2 atom stereocenters. The molecule has 1 aromatic rings. The summed E-state index contributed by atoms with van der Waals surface area (Å²) in [5.41, 5.74) is 1.14. The van der Waals surface area contributed by atoms with Crippen LogP contribution in [0, 0.1) is 12.8 Å². The second kappa shape index (κ2) is 7.89. The maximum atomic E-state index is 13.0. The molecule has 2 bridgehead atoms. The van der Waals surface area contributed by atoms with Gasteiger partial charge >= 0.3 is 12.1 Å². The van der Waals surface area contributed by atoms with Gasteiger partial charge in [0.2, 0.25) is 0 Å². The minimum Gasteiger partial charge on any atom is -0.459 e. The number of carbonyl (C=O) groups excluding carboxylic acids is 2. The zero-order valence-corrected chi connectivity index (χ0v) is 16.7. The fraction of sp³-hybridized carbons (Fsp3) is 0.619. The predicted molar refractivity (Wildman–Crippen MR) is 102 cm³/mol. The molecule has 148 valence electrons. The average molecular weight is 374 g/mol. The Labute approximate surface area is 161 Å². The number of piperidine rings is 3. The van der Waals surface area contributed by atoms with Gasteiger partial charge in [-0.2, -0.15) is 0 Å². The van der Waals surface area contributed by atoms with Crippen LogP contribution in [0.15, 0.2) is 24.3 Å². The number of fused-ring (bicyclic) bond motifs is 3. The quantitative estimate of drug-likeness (QED) is 0.820. The van der Waals surface area contributed by atoms with Crippen molar-refractivity contribution in [2.24, 2.45) is 5.92 Å². The van der Waals surface area contributed by atoms with Gasteiger partial charge in [0.25, 0.3) is 0 Å². The topological polar surface area (TPSA) is 67.9 Å². The first-order valence-electron chi connectivity index (χ1n) is 9.70. The van der Waals surface area contributed by atoms with Gasteiger partial charge in [-0.25, -0.2) is 9.59 Å². The number of nitrogens with zero attached hydrogens (tertiary/aromatic N) is 1. The highest BCUT2D eigenvalue weighted by Crippen LogP contribution is 2.30. The molecule has 1 aromatic carbocycles. The number of alkyl carbamates (subject to hydrolysis) is 1. The lowest BCUT2D eigenvalue weighted by Gasteiger charge is -2.44. The molecule has 0 spiro atoms. The van der Waals surface area contributed by atoms with Crippen molar-refractivity contribution in [2.45, 2.75) is 58.3 Å². The van der Waals surface area contributed by atoms with Gasteiger partial charge in [0.15, 0.2) is 6.04 Å². The Morgan fingerprint density at radius 1 is 1.15 bits per heavy atom. The second-order valence-corrected chi connectivity index (χ2v) is 8.60. The molecular formula is C21H30N2O4. The lowest BCUT2D eigenvalue weighted by molar-refractivity contribution is -0.161. The van der Waals surface area contributed by atoms with E-state index in [0.717, 1.165) is 38.0 Å². The van der Waals surface area contributed by atoms with Gasteiger partial charge in [0.05, 0.1) is 0 Å². The van der Waals surface area contributed by atoms with Crippen molar-refractivity contribution in [2.75, 3.05) is 19.6 Å². The van der Waals surface area contributed by atoms with Gasteiger partial charge in [-0.05, 0) is 65.1 Å². The molecule has 4 rings (SSSR count). The Kier molecular flexibility index (Phi) is 5.75. The number of carbonyl (C=O) groups is 2. The molecule has 0 aromatic heterocycles. The van der Waals surface area contributed by atoms with Gasteiger partial charge < -0.3 is 14.8 Å². The highest BCUT2D eigenvalue weighted by molar-refractivity contribution is 5.83. The number of hydrogen-bond acceptors (Lipinski definition) is 5. The van der Waals surface area contributed by atoms with Crippen molar-refractivity contribution < 1.29 is 19.1 Å². The number of nitrogens with one attached hydrogen (secondary N) is 1. The third-order valence-corrected chi connectivity index (χ3v) is 5.17. The van der Waals surface area contributed by atoms with E-state index in [4.69, 9.17) is 9.47 Å². The van der Waals surface area contributed by atoms with E-state index in [0.29, 0.717) is 11.5 Å². The standard InChI is InChI=1S/C21H30N2O4/c1-14-5-7-16(8-6-14)18(22-20(25)27-21(2,3)4)19(24)26-17-13-23-11-9-15(17)10-12-23/h5-8,15,17-18H,9-13H2,1-4H3,(H,22,25)/t17-,18?/m0/s1. The SMILES string of the molecule is Cc1ccc(C(NC(=O)OC(C)(C)C)C(=O)O[C@H]2CN3CCC2CC3)cc1. The molecule has 1 N–H and O–H groups in total. The molecule has 3 fully saturated rings. The van der Waals surface area contributed by atoms with E-state index in [2.05, 4.69) is 10.2 Å². The van der Waals surface area contributed by atoms with Crippen LogP contribution in [0.2, 0.25) is 0 Å². The normalized spacial score (nSPS) is 25.6. The average Bonchev–Trinajstić information content (AvgIpc) is 2.60. The third-order valence-electron chi connectivity index (χ3n) is 5.17. The van der Waals surface area contributed by atoms with E-state index in [1.807, 2.05) is 31.2 Å². The molecule has 3 aliphatic rings. The fourth-order valence-electron chi connectivity index (χ4n) is 3.72. The van der Waals surface area contributed by atoms with Crippen LogP contribution in [0.4, 0.5) is 4.79 Å². The molecule has 3 heterocycles. The van der Waals surface area contributed by atoms with Crippen molar-refractivity contribution in [1.82, 2.24) is 10.2 Å². The Morgan fingerprint density at radius 2 is 1.78 bits per heavy atom. The number of hydrogen-bond donors (Lipinski definition) is 1. The minimum atomic E-state index is -0.879. The van der Waals surface area contributed by atoms with Gasteiger partial charge in [-0.3, -0.25) is 4.90 Å². The molecular weight excluding hydrogens is 344 g/mol. The number of rotatable bonds is 4. The summed E-state index contributed by atoms with van der Waals surface area (Å²) in [6.45, 7) is 10.3. The molecule has 1 amide bonds. The summed E-state index contributed by atoms with van der Waals surface area (Å²) in [4.78, 5) is 27.6. The van der Waals surface area contributed by atoms with Crippen LogP contribution in [-0.2, 0) is 14.3 Å². The minimum absolute atomic E-state index is 0.103. The van der Waals surface area contributed by atoms with Crippen molar-refractivity contribution in [3.05, 3.63) is 35.4 Å². The molecule has 0 aliphatic carbocycles. The molecule has 0 saturated carbocycles. The van der Waals surface area contributed by atoms with Crippen LogP contribution in [0.1, 0.15) is 50.8 Å². The first-order valence-corrected chi connectivity index (χ1v) is 9.70. The van der Waals surface area contributed by atoms with Crippen molar-refractivity contribution in [3.8, 4) is 0 Å². The molecule has 6 heteroatoms. The third kappa shape index (κ3) is 5.22. The van der Waals surface area contributed by atoms with E-state index in [1.165, 1.54) is 0 Å². The summed E-state index contributed by atoms with van der Waals surface area (Å²) in [5, 5.41) is 2.69. The van der Waals surface area contributed by atoms with Crippen molar-refractivity contribution in [3.63, 3.8) is 0 Å². The Hall–Kier alpha value is -2.08. The Morgan fingerprint density at radius 3 is 2.30 bits per heavy atom. The van der Waals surface area contributed by atoms with Crippen LogP contribution in [-0.4, -0.2) is 48.3 Å². The smallest absolute Gasteiger partial charge is 0.408 e. The lowest BCUT2D eigenvalue weighted by atomic mass is 9.86. The number of benzene rings is 1. The van der Waals surface area contributed by atoms with Gasteiger partial charge in [-0.15, -0.1) is 0 Å². The predicted octanol–water partition coefficient (Wildman–Crippen LogP) is 3.20. The van der Waals surface area contributed by atoms with Gasteiger partial charge in [0, 0.05) is 6.54 Å². The van der Waals surface area contributed by atoms with Crippen molar-refractivity contribution in [1.29, 1.82) is 0 Å². The maximum absolute atomic E-state index is 13.0. The Balaban J connectivity index is 1.73. The monoisotopic (exact) mass is 374 g/mol. The van der Waals surface area contributed by atoms with Crippen LogP contribution >= 0.6 is 0 Å². The van der Waals surface area contributed by atoms with Crippen molar-refractivity contribution >= 4 is 12.1 Å². The van der Waals surface area contributed by atoms with E-state index >= 15 is 0 Å². The number of esters is 1. The summed E-state index contributed by atoms with van der Waals surface area (Å²) in [7, 11) is 0. The fourth-order valence-corrected chi connectivity index (χ4v) is 3.72. The molecule has 3 aliphatic heterocycles. The zero-order chi connectivity index (χ0) is 19.6. The van der Waals surface area contributed by atoms with Crippen LogP contribution < -0.4 is 5.32 Å². The number of amides is 1. The van der Waals surface area contributed by atoms with E-state index in [9.17, 15) is 9.59 Å². The highest BCUT2D eigenvalue weighted by Gasteiger charge is 2.38. The van der Waals surface area contributed by atoms with E-state index in [1.54, 1.807) is 20.8 Å². The molecule has 6 nitrogen and oxygen atoms in total. The summed E-state index contributed by atoms with van der Waals surface area (Å²) in [5.74, 6) is -0.0115. The number of aryl methyl sites for hydroxylation is 1. The van der Waals surface area contributed by atoms with E-state index in [-0.39, 0.29) is 6.10 Å². The molecule has 1 unspecified atom stereocenters. The largest absolute Gasteiger partial charge is 0.459 e. The zero-order valence-electron chi connectivity index (χ0n) is 16.7. The van der Waals surface area contributed by atoms with Crippen LogP contribution in [0.25, 0.3) is 0 Å². The van der Waals surface area contributed by atoms with Crippen LogP contribution in [0.5, 0.6) is 0 Å². The van der Waals surface area contributed by atoms with Crippen LogP contribution in [0.3, 0.4) is 0 Å². The molecule has 3 saturated heterocycles. The highest BCUT2D eigenvalue weighted by atomic mass is 16.6. The lowest BCUT2D eigenvalue weighted by Crippen LogP contribution is -2.52. The maximum Gasteiger partial charge on any atom is 0.408 e. The summed E-state index contributed by atoms with van der Waals surface area (Å²) >= 11 is 0. The van der Waals surface area contributed by atoms with Gasteiger partial charge in [-0.1, -0.05) is 29.8 Å². The summed E-state index contributed by atoms with van der Waals surface area (Å²) in [6.07, 6.45) is 1.39. The molecule has 0 radical (unpaired) electrons. The van der Waals surface area contributed by atoms with Gasteiger partial charge in [0.1, 0.15) is 11.7 Å². The number of ether oxygens (including phenoxy) is 2. The first kappa shape index (κ1) is 19.7. The summed E-state index contributed by atoms with van der Waals surface area (Å²) in [6, 6.07) is 6.64.